The molecular formula is C8H17NO3S. The maximum Gasteiger partial charge on any atom is 0.239 e. The number of nitrogens with one attached hydrogen (secondary N) is 1. The highest BCUT2D eigenvalue weighted by Gasteiger charge is 2.30. The topological polar surface area (TPSA) is 63.2 Å². The number of rotatable bonds is 2. The van der Waals surface area contributed by atoms with Crippen molar-refractivity contribution >= 4 is 15.9 Å². The van der Waals surface area contributed by atoms with E-state index in [1.54, 1.807) is 34.6 Å². The zero-order valence-corrected chi connectivity index (χ0v) is 9.53. The first-order valence-electron chi connectivity index (χ1n) is 4.14. The number of carbonyl (C=O) groups excluding carboxylic acids is 1. The van der Waals surface area contributed by atoms with Crippen molar-refractivity contribution in [3.63, 3.8) is 0 Å². The molecule has 0 fully saturated rings. The fourth-order valence-electron chi connectivity index (χ4n) is 0.403. The summed E-state index contributed by atoms with van der Waals surface area (Å²) in [7, 11) is -3.54. The number of hydrogen-bond acceptors (Lipinski definition) is 3. The van der Waals surface area contributed by atoms with Gasteiger partial charge in [-0.3, -0.25) is 9.52 Å². The maximum absolute atomic E-state index is 11.4. The van der Waals surface area contributed by atoms with Crippen LogP contribution in [0.2, 0.25) is 0 Å². The second-order valence-corrected chi connectivity index (χ2v) is 6.67. The van der Waals surface area contributed by atoms with Crippen molar-refractivity contribution in [2.45, 2.75) is 39.4 Å². The van der Waals surface area contributed by atoms with E-state index in [9.17, 15) is 13.2 Å². The Hall–Kier alpha value is -0.580. The van der Waals surface area contributed by atoms with Crippen LogP contribution < -0.4 is 4.72 Å². The van der Waals surface area contributed by atoms with Crippen LogP contribution in [0, 0.1) is 5.92 Å². The summed E-state index contributed by atoms with van der Waals surface area (Å²) in [5.41, 5.74) is 0. The molecule has 0 saturated carbocycles. The van der Waals surface area contributed by atoms with Crippen molar-refractivity contribution in [2.24, 2.45) is 5.92 Å². The highest BCUT2D eigenvalue weighted by Crippen LogP contribution is 2.13. The van der Waals surface area contributed by atoms with Crippen LogP contribution in [0.4, 0.5) is 0 Å². The van der Waals surface area contributed by atoms with Crippen molar-refractivity contribution in [3.8, 4) is 0 Å². The van der Waals surface area contributed by atoms with Gasteiger partial charge < -0.3 is 0 Å². The lowest BCUT2D eigenvalue weighted by Crippen LogP contribution is -2.43. The highest BCUT2D eigenvalue weighted by molar-refractivity contribution is 7.91. The lowest BCUT2D eigenvalue weighted by atomic mass is 10.2. The average molecular weight is 207 g/mol. The third kappa shape index (κ3) is 3.34. The van der Waals surface area contributed by atoms with E-state index in [1.807, 2.05) is 4.72 Å². The van der Waals surface area contributed by atoms with E-state index in [-0.39, 0.29) is 5.92 Å². The molecule has 0 heterocycles. The normalized spacial score (nSPS) is 13.1. The Morgan fingerprint density at radius 2 is 1.62 bits per heavy atom. The summed E-state index contributed by atoms with van der Waals surface area (Å²) in [6.07, 6.45) is 0. The van der Waals surface area contributed by atoms with Gasteiger partial charge in [0.2, 0.25) is 15.9 Å². The largest absolute Gasteiger partial charge is 0.274 e. The van der Waals surface area contributed by atoms with Crippen molar-refractivity contribution in [1.29, 1.82) is 0 Å². The molecule has 5 heteroatoms. The third-order valence-corrected chi connectivity index (χ3v) is 3.65. The molecule has 1 amide bonds. The van der Waals surface area contributed by atoms with Gasteiger partial charge in [-0.25, -0.2) is 8.42 Å². The van der Waals surface area contributed by atoms with Crippen LogP contribution in [0.15, 0.2) is 0 Å². The molecule has 1 N–H and O–H groups in total. The molecule has 4 nitrogen and oxygen atoms in total. The van der Waals surface area contributed by atoms with Gasteiger partial charge in [-0.05, 0) is 20.8 Å². The lowest BCUT2D eigenvalue weighted by Gasteiger charge is -2.20. The predicted octanol–water partition coefficient (Wildman–Crippen LogP) is 0.887. The van der Waals surface area contributed by atoms with E-state index in [2.05, 4.69) is 0 Å². The molecule has 0 unspecified atom stereocenters. The summed E-state index contributed by atoms with van der Waals surface area (Å²) in [6.45, 7) is 7.93. The first kappa shape index (κ1) is 12.4. The highest BCUT2D eigenvalue weighted by atomic mass is 32.2. The van der Waals surface area contributed by atoms with Crippen LogP contribution in [0.5, 0.6) is 0 Å². The van der Waals surface area contributed by atoms with Crippen LogP contribution in [0.1, 0.15) is 34.6 Å². The zero-order chi connectivity index (χ0) is 10.9. The van der Waals surface area contributed by atoms with Gasteiger partial charge in [0, 0.05) is 5.92 Å². The Kier molecular flexibility index (Phi) is 3.49. The van der Waals surface area contributed by atoms with Crippen molar-refractivity contribution in [3.05, 3.63) is 0 Å². The van der Waals surface area contributed by atoms with Gasteiger partial charge in [0.05, 0.1) is 4.75 Å². The van der Waals surface area contributed by atoms with Crippen LogP contribution in [0.3, 0.4) is 0 Å². The van der Waals surface area contributed by atoms with Crippen LogP contribution in [0.25, 0.3) is 0 Å². The molecule has 0 aromatic heterocycles. The molecule has 0 bridgehead atoms. The van der Waals surface area contributed by atoms with Gasteiger partial charge in [0.15, 0.2) is 0 Å². The Labute approximate surface area is 79.8 Å². The van der Waals surface area contributed by atoms with Crippen LogP contribution >= 0.6 is 0 Å². The molecule has 0 aliphatic carbocycles. The molecule has 0 aromatic carbocycles. The molecule has 0 rings (SSSR count). The first-order chi connectivity index (χ1) is 5.58. The predicted molar refractivity (Wildman–Crippen MR) is 51.7 cm³/mol. The van der Waals surface area contributed by atoms with E-state index >= 15 is 0 Å². The second kappa shape index (κ2) is 3.65. The molecule has 0 atom stereocenters. The molecule has 0 aromatic rings. The van der Waals surface area contributed by atoms with E-state index in [1.165, 1.54) is 0 Å². The van der Waals surface area contributed by atoms with Gasteiger partial charge in [-0.2, -0.15) is 0 Å². The number of hydrogen-bond donors (Lipinski definition) is 1. The summed E-state index contributed by atoms with van der Waals surface area (Å²) in [5, 5.41) is 0. The van der Waals surface area contributed by atoms with E-state index in [0.29, 0.717) is 0 Å². The standard InChI is InChI=1S/C8H17NO3S/c1-6(2)7(10)9-13(11,12)8(3,4)5/h6H,1-5H3,(H,9,10). The van der Waals surface area contributed by atoms with E-state index in [4.69, 9.17) is 0 Å². The SMILES string of the molecule is CC(C)C(=O)NS(=O)(=O)C(C)(C)C. The van der Waals surface area contributed by atoms with Gasteiger partial charge in [-0.15, -0.1) is 0 Å². The monoisotopic (exact) mass is 207 g/mol. The second-order valence-electron chi connectivity index (χ2n) is 4.24. The molecule has 0 aliphatic heterocycles. The minimum atomic E-state index is -3.54. The van der Waals surface area contributed by atoms with Crippen molar-refractivity contribution in [2.75, 3.05) is 0 Å². The van der Waals surface area contributed by atoms with Crippen molar-refractivity contribution < 1.29 is 13.2 Å². The molecule has 13 heavy (non-hydrogen) atoms. The molecule has 0 radical (unpaired) electrons. The Morgan fingerprint density at radius 3 is 1.85 bits per heavy atom. The molecule has 78 valence electrons. The van der Waals surface area contributed by atoms with Crippen LogP contribution in [-0.4, -0.2) is 19.1 Å². The van der Waals surface area contributed by atoms with E-state index < -0.39 is 20.7 Å². The molecular weight excluding hydrogens is 190 g/mol. The van der Waals surface area contributed by atoms with Crippen LogP contribution in [-0.2, 0) is 14.8 Å². The summed E-state index contributed by atoms with van der Waals surface area (Å²) in [4.78, 5) is 11.1. The summed E-state index contributed by atoms with van der Waals surface area (Å²) in [5.74, 6) is -0.785. The lowest BCUT2D eigenvalue weighted by molar-refractivity contribution is -0.122. The maximum atomic E-state index is 11.4. The van der Waals surface area contributed by atoms with E-state index in [0.717, 1.165) is 0 Å². The minimum absolute atomic E-state index is 0.322. The summed E-state index contributed by atoms with van der Waals surface area (Å²) >= 11 is 0. The Morgan fingerprint density at radius 1 is 1.23 bits per heavy atom. The molecule has 0 saturated heterocycles. The minimum Gasteiger partial charge on any atom is -0.274 e. The molecule has 0 spiro atoms. The Bertz CT molecular complexity index is 285. The molecule has 0 aliphatic rings. The third-order valence-electron chi connectivity index (χ3n) is 1.57. The quantitative estimate of drug-likeness (QED) is 0.731. The van der Waals surface area contributed by atoms with Crippen molar-refractivity contribution in [1.82, 2.24) is 4.72 Å². The number of carbonyl (C=O) groups is 1. The number of amides is 1. The summed E-state index contributed by atoms with van der Waals surface area (Å²) in [6, 6.07) is 0. The fraction of sp³-hybridized carbons (Fsp3) is 0.875. The summed E-state index contributed by atoms with van der Waals surface area (Å²) < 4.78 is 24.0. The smallest absolute Gasteiger partial charge is 0.239 e. The number of sulfonamides is 1. The zero-order valence-electron chi connectivity index (χ0n) is 8.71. The Balaban J connectivity index is 4.65. The van der Waals surface area contributed by atoms with Gasteiger partial charge in [-0.1, -0.05) is 13.8 Å². The van der Waals surface area contributed by atoms with Gasteiger partial charge >= 0.3 is 0 Å². The average Bonchev–Trinajstić information content (AvgIpc) is 1.83. The van der Waals surface area contributed by atoms with Gasteiger partial charge in [0.25, 0.3) is 0 Å². The first-order valence-corrected chi connectivity index (χ1v) is 5.62. The van der Waals surface area contributed by atoms with Gasteiger partial charge in [0.1, 0.15) is 0 Å². The fourth-order valence-corrected chi connectivity index (χ4v) is 1.21.